The van der Waals surface area contributed by atoms with Gasteiger partial charge in [0.15, 0.2) is 5.76 Å². The molecule has 0 bridgehead atoms. The fourth-order valence-electron chi connectivity index (χ4n) is 1.91. The Kier molecular flexibility index (Phi) is 2.84. The van der Waals surface area contributed by atoms with Crippen LogP contribution in [0.3, 0.4) is 0 Å². The molecule has 14 heavy (non-hydrogen) atoms. The molecule has 4 heteroatoms. The van der Waals surface area contributed by atoms with E-state index in [9.17, 15) is 0 Å². The number of aromatic nitrogens is 1. The van der Waals surface area contributed by atoms with Crippen molar-refractivity contribution in [2.45, 2.75) is 19.4 Å². The molecule has 78 valence electrons. The van der Waals surface area contributed by atoms with Gasteiger partial charge in [-0.15, -0.1) is 0 Å². The largest absolute Gasteiger partial charge is 0.359 e. The van der Waals surface area contributed by atoms with Crippen LogP contribution in [0.1, 0.15) is 24.3 Å². The second-order valence-electron chi connectivity index (χ2n) is 3.77. The second kappa shape index (κ2) is 4.11. The van der Waals surface area contributed by atoms with Crippen LogP contribution in [-0.2, 0) is 6.42 Å². The fourth-order valence-corrected chi connectivity index (χ4v) is 1.91. The molecule has 0 aromatic carbocycles. The number of piperazine rings is 1. The molecule has 0 saturated carbocycles. The van der Waals surface area contributed by atoms with Gasteiger partial charge >= 0.3 is 0 Å². The van der Waals surface area contributed by atoms with Gasteiger partial charge in [-0.25, -0.2) is 0 Å². The van der Waals surface area contributed by atoms with Crippen molar-refractivity contribution in [3.05, 3.63) is 17.5 Å². The molecule has 1 atom stereocenters. The lowest BCUT2D eigenvalue weighted by molar-refractivity contribution is 0.167. The maximum atomic E-state index is 5.33. The zero-order valence-corrected chi connectivity index (χ0v) is 8.79. The Balaban J connectivity index is 2.20. The number of hydrogen-bond donors (Lipinski definition) is 1. The van der Waals surface area contributed by atoms with Gasteiger partial charge in [0.1, 0.15) is 0 Å². The van der Waals surface area contributed by atoms with Gasteiger partial charge in [-0.3, -0.25) is 4.90 Å². The van der Waals surface area contributed by atoms with Crippen molar-refractivity contribution in [1.82, 2.24) is 15.4 Å². The van der Waals surface area contributed by atoms with E-state index in [0.29, 0.717) is 6.04 Å². The molecular weight excluding hydrogens is 178 g/mol. The van der Waals surface area contributed by atoms with Crippen LogP contribution in [0.25, 0.3) is 0 Å². The van der Waals surface area contributed by atoms with Gasteiger partial charge in [-0.05, 0) is 13.5 Å². The molecule has 2 heterocycles. The number of aryl methyl sites for hydroxylation is 1. The van der Waals surface area contributed by atoms with Crippen molar-refractivity contribution in [3.63, 3.8) is 0 Å². The zero-order valence-electron chi connectivity index (χ0n) is 8.79. The molecule has 1 fully saturated rings. The molecule has 1 unspecified atom stereocenters. The highest BCUT2D eigenvalue weighted by molar-refractivity contribution is 5.18. The smallest absolute Gasteiger partial charge is 0.158 e. The monoisotopic (exact) mass is 195 g/mol. The molecule has 0 radical (unpaired) electrons. The Hall–Kier alpha value is -0.870. The summed E-state index contributed by atoms with van der Waals surface area (Å²) < 4.78 is 5.33. The van der Waals surface area contributed by atoms with Crippen LogP contribution >= 0.6 is 0 Å². The molecule has 4 nitrogen and oxygen atoms in total. The van der Waals surface area contributed by atoms with Crippen LogP contribution in [0.5, 0.6) is 0 Å². The lowest BCUT2D eigenvalue weighted by Gasteiger charge is -2.31. The summed E-state index contributed by atoms with van der Waals surface area (Å²) in [5, 5.41) is 7.25. The molecule has 1 N–H and O–H groups in total. The Morgan fingerprint density at radius 1 is 1.71 bits per heavy atom. The maximum absolute atomic E-state index is 5.33. The number of nitrogens with zero attached hydrogens (tertiary/aromatic N) is 2. The summed E-state index contributed by atoms with van der Waals surface area (Å²) in [6, 6.07) is 0.348. The highest BCUT2D eigenvalue weighted by Crippen LogP contribution is 2.23. The molecule has 1 aromatic heterocycles. The van der Waals surface area contributed by atoms with Crippen molar-refractivity contribution >= 4 is 0 Å². The number of likely N-dealkylation sites (N-methyl/N-ethyl adjacent to an activating group) is 1. The van der Waals surface area contributed by atoms with E-state index in [0.717, 1.165) is 31.8 Å². The first-order valence-corrected chi connectivity index (χ1v) is 5.17. The summed E-state index contributed by atoms with van der Waals surface area (Å²) in [6.45, 7) is 5.21. The average Bonchev–Trinajstić information content (AvgIpc) is 2.66. The molecule has 0 amide bonds. The van der Waals surface area contributed by atoms with Gasteiger partial charge in [-0.1, -0.05) is 12.1 Å². The first-order valence-electron chi connectivity index (χ1n) is 5.17. The van der Waals surface area contributed by atoms with Gasteiger partial charge in [0.05, 0.1) is 12.2 Å². The molecule has 1 saturated heterocycles. The SMILES string of the molecule is CCc1cnoc1C1CNCCN1C. The van der Waals surface area contributed by atoms with Gasteiger partial charge in [0, 0.05) is 25.2 Å². The highest BCUT2D eigenvalue weighted by Gasteiger charge is 2.25. The van der Waals surface area contributed by atoms with E-state index in [1.165, 1.54) is 5.56 Å². The van der Waals surface area contributed by atoms with Crippen LogP contribution in [-0.4, -0.2) is 36.7 Å². The third-order valence-corrected chi connectivity index (χ3v) is 2.87. The Bertz CT molecular complexity index is 297. The Morgan fingerprint density at radius 3 is 3.29 bits per heavy atom. The van der Waals surface area contributed by atoms with Crippen LogP contribution in [0.4, 0.5) is 0 Å². The highest BCUT2D eigenvalue weighted by atomic mass is 16.5. The van der Waals surface area contributed by atoms with Crippen LogP contribution in [0.15, 0.2) is 10.7 Å². The minimum atomic E-state index is 0.348. The van der Waals surface area contributed by atoms with Crippen molar-refractivity contribution in [1.29, 1.82) is 0 Å². The third-order valence-electron chi connectivity index (χ3n) is 2.87. The van der Waals surface area contributed by atoms with Crippen molar-refractivity contribution in [2.75, 3.05) is 26.7 Å². The first-order chi connectivity index (χ1) is 6.83. The summed E-state index contributed by atoms with van der Waals surface area (Å²) in [5.41, 5.74) is 1.23. The summed E-state index contributed by atoms with van der Waals surface area (Å²) in [4.78, 5) is 2.32. The van der Waals surface area contributed by atoms with E-state index in [4.69, 9.17) is 4.52 Å². The van der Waals surface area contributed by atoms with Crippen molar-refractivity contribution < 1.29 is 4.52 Å². The number of nitrogens with one attached hydrogen (secondary N) is 1. The van der Waals surface area contributed by atoms with Crippen molar-refractivity contribution in [2.24, 2.45) is 0 Å². The maximum Gasteiger partial charge on any atom is 0.158 e. The van der Waals surface area contributed by atoms with Gasteiger partial charge in [0.25, 0.3) is 0 Å². The quantitative estimate of drug-likeness (QED) is 0.758. The summed E-state index contributed by atoms with van der Waals surface area (Å²) in [5.74, 6) is 1.03. The Morgan fingerprint density at radius 2 is 2.57 bits per heavy atom. The lowest BCUT2D eigenvalue weighted by atomic mass is 10.1. The van der Waals surface area contributed by atoms with Crippen LogP contribution in [0.2, 0.25) is 0 Å². The third kappa shape index (κ3) is 1.67. The standard InChI is InChI=1S/C10H17N3O/c1-3-8-6-12-14-10(8)9-7-11-4-5-13(9)2/h6,9,11H,3-5,7H2,1-2H3. The minimum Gasteiger partial charge on any atom is -0.359 e. The molecule has 1 aliphatic rings. The summed E-state index contributed by atoms with van der Waals surface area (Å²) >= 11 is 0. The van der Waals surface area contributed by atoms with E-state index >= 15 is 0 Å². The van der Waals surface area contributed by atoms with Gasteiger partial charge < -0.3 is 9.84 Å². The summed E-state index contributed by atoms with van der Waals surface area (Å²) in [7, 11) is 2.13. The number of rotatable bonds is 2. The first kappa shape index (κ1) is 9.68. The van der Waals surface area contributed by atoms with Gasteiger partial charge in [-0.2, -0.15) is 0 Å². The molecule has 0 spiro atoms. The van der Waals surface area contributed by atoms with Crippen molar-refractivity contribution in [3.8, 4) is 0 Å². The van der Waals surface area contributed by atoms with E-state index in [1.807, 2.05) is 6.20 Å². The lowest BCUT2D eigenvalue weighted by Crippen LogP contribution is -2.43. The average molecular weight is 195 g/mol. The molecule has 2 rings (SSSR count). The Labute approximate surface area is 84.3 Å². The van der Waals surface area contributed by atoms with E-state index < -0.39 is 0 Å². The van der Waals surface area contributed by atoms with E-state index in [2.05, 4.69) is 29.3 Å². The molecule has 1 aromatic rings. The predicted molar refractivity (Wildman–Crippen MR) is 54.1 cm³/mol. The van der Waals surface area contributed by atoms with Gasteiger partial charge in [0.2, 0.25) is 0 Å². The van der Waals surface area contributed by atoms with Crippen LogP contribution in [0, 0.1) is 0 Å². The predicted octanol–water partition coefficient (Wildman–Crippen LogP) is 0.813. The minimum absolute atomic E-state index is 0.348. The van der Waals surface area contributed by atoms with E-state index in [1.54, 1.807) is 0 Å². The zero-order chi connectivity index (χ0) is 9.97. The van der Waals surface area contributed by atoms with E-state index in [-0.39, 0.29) is 0 Å². The second-order valence-corrected chi connectivity index (χ2v) is 3.77. The normalized spacial score (nSPS) is 24.0. The molecular formula is C10H17N3O. The summed E-state index contributed by atoms with van der Waals surface area (Å²) in [6.07, 6.45) is 2.82. The van der Waals surface area contributed by atoms with Crippen LogP contribution < -0.4 is 5.32 Å². The topological polar surface area (TPSA) is 41.3 Å². The number of hydrogen-bond acceptors (Lipinski definition) is 4. The molecule has 1 aliphatic heterocycles. The molecule has 0 aliphatic carbocycles. The fraction of sp³-hybridized carbons (Fsp3) is 0.700.